The van der Waals surface area contributed by atoms with Crippen molar-refractivity contribution in [1.29, 1.82) is 0 Å². The molecule has 0 saturated heterocycles. The van der Waals surface area contributed by atoms with Gasteiger partial charge in [0.15, 0.2) is 0 Å². The van der Waals surface area contributed by atoms with E-state index in [-0.39, 0.29) is 0 Å². The van der Waals surface area contributed by atoms with Crippen LogP contribution >= 0.6 is 0 Å². The fourth-order valence-corrected chi connectivity index (χ4v) is 1.37. The highest BCUT2D eigenvalue weighted by Crippen LogP contribution is 2.01. The van der Waals surface area contributed by atoms with Gasteiger partial charge in [-0.25, -0.2) is 0 Å². The maximum absolute atomic E-state index is 5.59. The fourth-order valence-electron chi connectivity index (χ4n) is 1.37. The number of nitrogens with two attached hydrogens (primary N) is 1. The normalized spacial score (nSPS) is 11.5. The summed E-state index contributed by atoms with van der Waals surface area (Å²) in [6, 6.07) is 0. The first-order valence-corrected chi connectivity index (χ1v) is 5.54. The summed E-state index contributed by atoms with van der Waals surface area (Å²) >= 11 is 0. The van der Waals surface area contributed by atoms with E-state index in [0.717, 1.165) is 31.2 Å². The molecule has 0 amide bonds. The number of hydrogen-bond acceptors (Lipinski definition) is 3. The molecule has 1 aromatic rings. The van der Waals surface area contributed by atoms with Crippen LogP contribution in [-0.2, 0) is 6.54 Å². The molecule has 0 aliphatic rings. The van der Waals surface area contributed by atoms with E-state index in [4.69, 9.17) is 5.73 Å². The number of likely N-dealkylation sites (N-methyl/N-ethyl adjacent to an activating group) is 1. The van der Waals surface area contributed by atoms with E-state index in [1.165, 1.54) is 6.42 Å². The van der Waals surface area contributed by atoms with Crippen molar-refractivity contribution in [3.05, 3.63) is 12.4 Å². The molecule has 15 heavy (non-hydrogen) atoms. The Bertz CT molecular complexity index is 280. The Hall–Kier alpha value is -1.03. The Kier molecular flexibility index (Phi) is 4.62. The van der Waals surface area contributed by atoms with Gasteiger partial charge in [0, 0.05) is 12.7 Å². The molecule has 86 valence electrons. The minimum atomic E-state index is 0.736. The topological polar surface area (TPSA) is 47.1 Å². The first kappa shape index (κ1) is 12.0. The molecule has 0 aliphatic heterocycles. The monoisotopic (exact) mass is 210 g/mol. The second-order valence-corrected chi connectivity index (χ2v) is 4.52. The highest BCUT2D eigenvalue weighted by atomic mass is 15.3. The van der Waals surface area contributed by atoms with Gasteiger partial charge in [0.25, 0.3) is 0 Å². The molecule has 4 heteroatoms. The zero-order valence-corrected chi connectivity index (χ0v) is 9.98. The maximum Gasteiger partial charge on any atom is 0.0719 e. The summed E-state index contributed by atoms with van der Waals surface area (Å²) in [7, 11) is 2.15. The van der Waals surface area contributed by atoms with Crippen molar-refractivity contribution >= 4 is 5.69 Å². The van der Waals surface area contributed by atoms with E-state index in [1.54, 1.807) is 6.20 Å². The number of nitrogens with zero attached hydrogens (tertiary/aromatic N) is 3. The molecule has 1 aromatic heterocycles. The van der Waals surface area contributed by atoms with Gasteiger partial charge >= 0.3 is 0 Å². The van der Waals surface area contributed by atoms with Crippen molar-refractivity contribution in [3.63, 3.8) is 0 Å². The minimum absolute atomic E-state index is 0.736. The Morgan fingerprint density at radius 3 is 2.73 bits per heavy atom. The number of hydrogen-bond donors (Lipinski definition) is 1. The van der Waals surface area contributed by atoms with Crippen molar-refractivity contribution in [2.24, 2.45) is 5.92 Å². The molecule has 2 N–H and O–H groups in total. The summed E-state index contributed by atoms with van der Waals surface area (Å²) in [4.78, 5) is 2.33. The van der Waals surface area contributed by atoms with Gasteiger partial charge < -0.3 is 10.6 Å². The highest BCUT2D eigenvalue weighted by Gasteiger charge is 2.01. The van der Waals surface area contributed by atoms with Crippen LogP contribution in [0.5, 0.6) is 0 Å². The van der Waals surface area contributed by atoms with E-state index in [0.29, 0.717) is 0 Å². The average Bonchev–Trinajstić information content (AvgIpc) is 2.58. The van der Waals surface area contributed by atoms with Crippen LogP contribution in [0.2, 0.25) is 0 Å². The molecule has 0 radical (unpaired) electrons. The van der Waals surface area contributed by atoms with Crippen LogP contribution in [0, 0.1) is 5.92 Å². The molecule has 0 saturated carbocycles. The summed E-state index contributed by atoms with van der Waals surface area (Å²) in [5.41, 5.74) is 6.32. The third-order valence-electron chi connectivity index (χ3n) is 2.45. The molecule has 0 unspecified atom stereocenters. The van der Waals surface area contributed by atoms with Gasteiger partial charge in [0.1, 0.15) is 0 Å². The van der Waals surface area contributed by atoms with Gasteiger partial charge in [-0.15, -0.1) is 0 Å². The Morgan fingerprint density at radius 1 is 1.47 bits per heavy atom. The molecule has 4 nitrogen and oxygen atoms in total. The zero-order valence-electron chi connectivity index (χ0n) is 9.98. The third kappa shape index (κ3) is 4.83. The van der Waals surface area contributed by atoms with E-state index in [2.05, 4.69) is 30.9 Å². The summed E-state index contributed by atoms with van der Waals surface area (Å²) in [5, 5.41) is 4.15. The summed E-state index contributed by atoms with van der Waals surface area (Å²) in [6.07, 6.45) is 4.81. The van der Waals surface area contributed by atoms with Crippen molar-refractivity contribution < 1.29 is 0 Å². The van der Waals surface area contributed by atoms with Crippen molar-refractivity contribution in [1.82, 2.24) is 14.7 Å². The highest BCUT2D eigenvalue weighted by molar-refractivity contribution is 5.30. The molecule has 0 aliphatic carbocycles. The summed E-state index contributed by atoms with van der Waals surface area (Å²) < 4.78 is 1.89. The molecule has 0 spiro atoms. The van der Waals surface area contributed by atoms with Gasteiger partial charge in [-0.05, 0) is 25.9 Å². The second kappa shape index (κ2) is 5.75. The predicted molar refractivity (Wildman–Crippen MR) is 63.6 cm³/mol. The third-order valence-corrected chi connectivity index (χ3v) is 2.45. The maximum atomic E-state index is 5.59. The van der Waals surface area contributed by atoms with Crippen molar-refractivity contribution in [2.45, 2.75) is 26.8 Å². The van der Waals surface area contributed by atoms with Crippen molar-refractivity contribution in [3.8, 4) is 0 Å². The van der Waals surface area contributed by atoms with Gasteiger partial charge in [0.05, 0.1) is 18.4 Å². The molecule has 0 aromatic carbocycles. The lowest BCUT2D eigenvalue weighted by molar-refractivity contribution is 0.293. The first-order chi connectivity index (χ1) is 7.08. The number of aromatic nitrogens is 2. The fraction of sp³-hybridized carbons (Fsp3) is 0.727. The van der Waals surface area contributed by atoms with Crippen LogP contribution < -0.4 is 5.73 Å². The molecule has 0 fully saturated rings. The molecule has 0 bridgehead atoms. The SMILES string of the molecule is CC(C)CCN(C)CCn1cc(N)cn1. The van der Waals surface area contributed by atoms with E-state index in [1.807, 2.05) is 10.9 Å². The minimum Gasteiger partial charge on any atom is -0.396 e. The van der Waals surface area contributed by atoms with Crippen molar-refractivity contribution in [2.75, 3.05) is 25.9 Å². The average molecular weight is 210 g/mol. The van der Waals surface area contributed by atoms with Crippen LogP contribution in [0.4, 0.5) is 5.69 Å². The van der Waals surface area contributed by atoms with E-state index >= 15 is 0 Å². The van der Waals surface area contributed by atoms with Crippen LogP contribution in [0.15, 0.2) is 12.4 Å². The second-order valence-electron chi connectivity index (χ2n) is 4.52. The van der Waals surface area contributed by atoms with Gasteiger partial charge in [0.2, 0.25) is 0 Å². The van der Waals surface area contributed by atoms with Crippen LogP contribution in [-0.4, -0.2) is 34.8 Å². The number of anilines is 1. The lowest BCUT2D eigenvalue weighted by Crippen LogP contribution is -2.25. The zero-order chi connectivity index (χ0) is 11.3. The lowest BCUT2D eigenvalue weighted by Gasteiger charge is -2.17. The molecular weight excluding hydrogens is 188 g/mol. The van der Waals surface area contributed by atoms with Gasteiger partial charge in [-0.1, -0.05) is 13.8 Å². The van der Waals surface area contributed by atoms with Crippen LogP contribution in [0.25, 0.3) is 0 Å². The smallest absolute Gasteiger partial charge is 0.0719 e. The first-order valence-electron chi connectivity index (χ1n) is 5.54. The Morgan fingerprint density at radius 2 is 2.20 bits per heavy atom. The summed E-state index contributed by atoms with van der Waals surface area (Å²) in [5.74, 6) is 0.771. The predicted octanol–water partition coefficient (Wildman–Crippen LogP) is 1.44. The Labute approximate surface area is 92.1 Å². The van der Waals surface area contributed by atoms with E-state index < -0.39 is 0 Å². The number of rotatable bonds is 6. The number of nitrogen functional groups attached to an aromatic ring is 1. The van der Waals surface area contributed by atoms with Gasteiger partial charge in [-0.2, -0.15) is 5.10 Å². The summed E-state index contributed by atoms with van der Waals surface area (Å²) in [6.45, 7) is 7.58. The standard InChI is InChI=1S/C11H22N4/c1-10(2)4-5-14(3)6-7-15-9-11(12)8-13-15/h8-10H,4-7,12H2,1-3H3. The quantitative estimate of drug-likeness (QED) is 0.773. The van der Waals surface area contributed by atoms with Crippen LogP contribution in [0.3, 0.4) is 0 Å². The molecule has 0 atom stereocenters. The molecular formula is C11H22N4. The van der Waals surface area contributed by atoms with Gasteiger partial charge in [-0.3, -0.25) is 4.68 Å². The lowest BCUT2D eigenvalue weighted by atomic mass is 10.1. The Balaban J connectivity index is 2.19. The van der Waals surface area contributed by atoms with E-state index in [9.17, 15) is 0 Å². The largest absolute Gasteiger partial charge is 0.396 e. The van der Waals surface area contributed by atoms with Crippen LogP contribution in [0.1, 0.15) is 20.3 Å². The molecule has 1 rings (SSSR count). The molecule has 1 heterocycles.